The molecular weight excluding hydrogens is 336 g/mol. The second kappa shape index (κ2) is 8.48. The Morgan fingerprint density at radius 2 is 2.08 bits per heavy atom. The number of hydrogen-bond donors (Lipinski definition) is 2. The van der Waals surface area contributed by atoms with Gasteiger partial charge in [0.1, 0.15) is 6.54 Å². The van der Waals surface area contributed by atoms with E-state index in [2.05, 4.69) is 31.9 Å². The molecule has 0 saturated heterocycles. The minimum atomic E-state index is 0.456. The van der Waals surface area contributed by atoms with Crippen LogP contribution in [0.25, 0.3) is 5.65 Å². The second-order valence-corrected chi connectivity index (χ2v) is 5.98. The van der Waals surface area contributed by atoms with Gasteiger partial charge < -0.3 is 10.6 Å². The number of aromatic nitrogens is 3. The zero-order valence-electron chi connectivity index (χ0n) is 14.1. The van der Waals surface area contributed by atoms with E-state index in [1.807, 2.05) is 53.9 Å². The lowest BCUT2D eigenvalue weighted by Gasteiger charge is -2.11. The fourth-order valence-electron chi connectivity index (χ4n) is 2.51. The van der Waals surface area contributed by atoms with Crippen molar-refractivity contribution in [2.45, 2.75) is 19.9 Å². The fourth-order valence-corrected chi connectivity index (χ4v) is 2.72. The predicted molar refractivity (Wildman–Crippen MR) is 101 cm³/mol. The normalized spacial score (nSPS) is 11.7. The number of aliphatic imine (C=N–C) groups is 1. The van der Waals surface area contributed by atoms with Crippen LogP contribution in [0.2, 0.25) is 5.02 Å². The number of guanidine groups is 1. The van der Waals surface area contributed by atoms with Crippen LogP contribution in [-0.4, -0.2) is 33.6 Å². The summed E-state index contributed by atoms with van der Waals surface area (Å²) in [7, 11) is 0. The Kier molecular flexibility index (Phi) is 5.85. The number of nitrogens with zero attached hydrogens (tertiary/aromatic N) is 4. The minimum Gasteiger partial charge on any atom is -0.357 e. The molecule has 0 fully saturated rings. The number of halogens is 1. The Hall–Kier alpha value is -2.60. The van der Waals surface area contributed by atoms with Gasteiger partial charge in [0.15, 0.2) is 17.4 Å². The van der Waals surface area contributed by atoms with E-state index in [1.54, 1.807) is 0 Å². The van der Waals surface area contributed by atoms with E-state index in [-0.39, 0.29) is 0 Å². The standard InChI is InChI=1S/C18H21ClN6/c1-2-20-18(21-10-9-14-6-5-7-15(19)12-14)22-13-17-24-23-16-8-3-4-11-25(16)17/h3-8,11-12H,2,9-10,13H2,1H3,(H2,20,21,22). The maximum Gasteiger partial charge on any atom is 0.191 e. The van der Waals surface area contributed by atoms with Crippen LogP contribution in [0.1, 0.15) is 18.3 Å². The largest absolute Gasteiger partial charge is 0.357 e. The summed E-state index contributed by atoms with van der Waals surface area (Å²) in [4.78, 5) is 4.60. The fraction of sp³-hybridized carbons (Fsp3) is 0.278. The Morgan fingerprint density at radius 1 is 1.16 bits per heavy atom. The molecule has 0 unspecified atom stereocenters. The van der Waals surface area contributed by atoms with E-state index < -0.39 is 0 Å². The van der Waals surface area contributed by atoms with Crippen molar-refractivity contribution >= 4 is 23.2 Å². The number of hydrogen-bond acceptors (Lipinski definition) is 3. The maximum absolute atomic E-state index is 6.02. The first kappa shape index (κ1) is 17.2. The maximum atomic E-state index is 6.02. The molecule has 0 radical (unpaired) electrons. The van der Waals surface area contributed by atoms with E-state index >= 15 is 0 Å². The van der Waals surface area contributed by atoms with Crippen LogP contribution >= 0.6 is 11.6 Å². The van der Waals surface area contributed by atoms with Crippen LogP contribution in [0.3, 0.4) is 0 Å². The van der Waals surface area contributed by atoms with Crippen LogP contribution in [0, 0.1) is 0 Å². The Balaban J connectivity index is 1.61. The summed E-state index contributed by atoms with van der Waals surface area (Å²) >= 11 is 6.02. The zero-order valence-corrected chi connectivity index (χ0v) is 14.9. The lowest BCUT2D eigenvalue weighted by molar-refractivity contribution is 0.787. The van der Waals surface area contributed by atoms with Gasteiger partial charge in [-0.1, -0.05) is 29.8 Å². The molecular formula is C18H21ClN6. The molecule has 2 N–H and O–H groups in total. The van der Waals surface area contributed by atoms with Gasteiger partial charge in [-0.15, -0.1) is 10.2 Å². The molecule has 0 aliphatic heterocycles. The predicted octanol–water partition coefficient (Wildman–Crippen LogP) is 2.68. The number of fused-ring (bicyclic) bond motifs is 1. The van der Waals surface area contributed by atoms with Crippen molar-refractivity contribution in [2.24, 2.45) is 4.99 Å². The highest BCUT2D eigenvalue weighted by Gasteiger charge is 2.04. The first-order chi connectivity index (χ1) is 12.3. The molecule has 3 aromatic rings. The molecule has 2 aromatic heterocycles. The van der Waals surface area contributed by atoms with Gasteiger partial charge in [-0.05, 0) is 43.2 Å². The summed E-state index contributed by atoms with van der Waals surface area (Å²) < 4.78 is 1.94. The van der Waals surface area contributed by atoms with Crippen LogP contribution in [0.5, 0.6) is 0 Å². The summed E-state index contributed by atoms with van der Waals surface area (Å²) in [5.41, 5.74) is 2.02. The van der Waals surface area contributed by atoms with Crippen LogP contribution < -0.4 is 10.6 Å². The van der Waals surface area contributed by atoms with Crippen molar-refractivity contribution in [1.29, 1.82) is 0 Å². The van der Waals surface area contributed by atoms with Crippen LogP contribution in [-0.2, 0) is 13.0 Å². The topological polar surface area (TPSA) is 66.6 Å². The summed E-state index contributed by atoms with van der Waals surface area (Å²) in [6.07, 6.45) is 2.82. The average Bonchev–Trinajstić information content (AvgIpc) is 3.03. The van der Waals surface area contributed by atoms with Gasteiger partial charge in [-0.2, -0.15) is 0 Å². The van der Waals surface area contributed by atoms with Crippen LogP contribution in [0.15, 0.2) is 53.7 Å². The lowest BCUT2D eigenvalue weighted by atomic mass is 10.1. The zero-order chi connectivity index (χ0) is 17.5. The van der Waals surface area contributed by atoms with Gasteiger partial charge in [-0.3, -0.25) is 4.40 Å². The van der Waals surface area contributed by atoms with Crippen molar-refractivity contribution in [3.8, 4) is 0 Å². The first-order valence-corrected chi connectivity index (χ1v) is 8.69. The van der Waals surface area contributed by atoms with E-state index in [4.69, 9.17) is 11.6 Å². The number of rotatable bonds is 6. The van der Waals surface area contributed by atoms with Crippen molar-refractivity contribution in [1.82, 2.24) is 25.2 Å². The SMILES string of the molecule is CCNC(=NCc1nnc2ccccn12)NCCc1cccc(Cl)c1. The molecule has 0 atom stereocenters. The molecule has 0 bridgehead atoms. The second-order valence-electron chi connectivity index (χ2n) is 5.55. The van der Waals surface area contributed by atoms with Gasteiger partial charge in [-0.25, -0.2) is 4.99 Å². The quantitative estimate of drug-likeness (QED) is 0.526. The molecule has 1 aromatic carbocycles. The Morgan fingerprint density at radius 3 is 2.92 bits per heavy atom. The molecule has 0 saturated carbocycles. The summed E-state index contributed by atoms with van der Waals surface area (Å²) in [5, 5.41) is 15.7. The van der Waals surface area contributed by atoms with E-state index in [0.29, 0.717) is 6.54 Å². The minimum absolute atomic E-state index is 0.456. The molecule has 2 heterocycles. The van der Waals surface area contributed by atoms with Gasteiger partial charge in [0.05, 0.1) is 0 Å². The van der Waals surface area contributed by atoms with Gasteiger partial charge in [0.25, 0.3) is 0 Å². The molecule has 25 heavy (non-hydrogen) atoms. The first-order valence-electron chi connectivity index (χ1n) is 8.31. The number of benzene rings is 1. The van der Waals surface area contributed by atoms with Crippen molar-refractivity contribution < 1.29 is 0 Å². The third-order valence-electron chi connectivity index (χ3n) is 3.70. The Labute approximate surface area is 152 Å². The molecule has 6 nitrogen and oxygen atoms in total. The molecule has 0 spiro atoms. The molecule has 0 aliphatic carbocycles. The Bertz CT molecular complexity index is 857. The van der Waals surface area contributed by atoms with Gasteiger partial charge in [0, 0.05) is 24.3 Å². The average molecular weight is 357 g/mol. The molecule has 0 aliphatic rings. The third-order valence-corrected chi connectivity index (χ3v) is 3.94. The van der Waals surface area contributed by atoms with E-state index in [0.717, 1.165) is 42.0 Å². The molecule has 130 valence electrons. The highest BCUT2D eigenvalue weighted by molar-refractivity contribution is 6.30. The summed E-state index contributed by atoms with van der Waals surface area (Å²) in [5.74, 6) is 1.57. The number of nitrogens with one attached hydrogen (secondary N) is 2. The third kappa shape index (κ3) is 4.70. The smallest absolute Gasteiger partial charge is 0.191 e. The highest BCUT2D eigenvalue weighted by Crippen LogP contribution is 2.10. The lowest BCUT2D eigenvalue weighted by Crippen LogP contribution is -2.38. The van der Waals surface area contributed by atoms with Gasteiger partial charge in [0.2, 0.25) is 0 Å². The summed E-state index contributed by atoms with van der Waals surface area (Å²) in [6.45, 7) is 4.06. The van der Waals surface area contributed by atoms with E-state index in [9.17, 15) is 0 Å². The molecule has 3 rings (SSSR count). The summed E-state index contributed by atoms with van der Waals surface area (Å²) in [6, 6.07) is 13.7. The van der Waals surface area contributed by atoms with Crippen molar-refractivity contribution in [3.05, 3.63) is 65.1 Å². The molecule has 7 heteroatoms. The van der Waals surface area contributed by atoms with Crippen molar-refractivity contribution in [3.63, 3.8) is 0 Å². The monoisotopic (exact) mass is 356 g/mol. The number of pyridine rings is 1. The van der Waals surface area contributed by atoms with E-state index in [1.165, 1.54) is 5.56 Å². The van der Waals surface area contributed by atoms with Crippen molar-refractivity contribution in [2.75, 3.05) is 13.1 Å². The molecule has 0 amide bonds. The van der Waals surface area contributed by atoms with Gasteiger partial charge >= 0.3 is 0 Å². The van der Waals surface area contributed by atoms with Crippen LogP contribution in [0.4, 0.5) is 0 Å². The highest BCUT2D eigenvalue weighted by atomic mass is 35.5.